The van der Waals surface area contributed by atoms with Crippen molar-refractivity contribution < 1.29 is 43.2 Å². The third-order valence-electron chi connectivity index (χ3n) is 5.62. The minimum Gasteiger partial charge on any atom is -0.480 e. The van der Waals surface area contributed by atoms with Crippen molar-refractivity contribution in [2.45, 2.75) is 99.6 Å². The van der Waals surface area contributed by atoms with Crippen LogP contribution in [0.15, 0.2) is 18.2 Å². The van der Waals surface area contributed by atoms with Crippen molar-refractivity contribution in [1.29, 1.82) is 0 Å². The second-order valence-corrected chi connectivity index (χ2v) is 12.1. The van der Waals surface area contributed by atoms with E-state index in [0.29, 0.717) is 30.2 Å². The Kier molecular flexibility index (Phi) is 14.7. The molecule has 0 aliphatic heterocycles. The number of hydrogen-bond donors (Lipinski definition) is 2. The van der Waals surface area contributed by atoms with Gasteiger partial charge in [-0.05, 0) is 61.1 Å². The van der Waals surface area contributed by atoms with E-state index in [-0.39, 0.29) is 49.3 Å². The first kappa shape index (κ1) is 34.9. The molecule has 0 fully saturated rings. The number of benzene rings is 1. The van der Waals surface area contributed by atoms with E-state index in [1.54, 1.807) is 13.0 Å². The highest BCUT2D eigenvalue weighted by Crippen LogP contribution is 2.30. The summed E-state index contributed by atoms with van der Waals surface area (Å²) in [6, 6.07) is 3.61. The van der Waals surface area contributed by atoms with Crippen LogP contribution in [0.4, 0.5) is 4.79 Å². The van der Waals surface area contributed by atoms with Crippen molar-refractivity contribution >= 4 is 24.1 Å². The molecule has 1 aromatic rings. The van der Waals surface area contributed by atoms with Gasteiger partial charge in [0.05, 0.1) is 6.61 Å². The molecular formula is C30H47NO9. The number of aliphatic carboxylic acids is 1. The highest BCUT2D eigenvalue weighted by molar-refractivity contribution is 5.77. The largest absolute Gasteiger partial charge is 0.508 e. The van der Waals surface area contributed by atoms with E-state index < -0.39 is 36.2 Å². The summed E-state index contributed by atoms with van der Waals surface area (Å²) < 4.78 is 21.3. The molecular weight excluding hydrogens is 518 g/mol. The van der Waals surface area contributed by atoms with Gasteiger partial charge in [-0.2, -0.15) is 0 Å². The molecule has 2 atom stereocenters. The molecule has 0 saturated carbocycles. The van der Waals surface area contributed by atoms with Crippen LogP contribution in [-0.2, 0) is 30.3 Å². The van der Waals surface area contributed by atoms with E-state index in [1.165, 1.54) is 12.1 Å². The normalized spacial score (nSPS) is 13.1. The highest BCUT2D eigenvalue weighted by Gasteiger charge is 2.23. The van der Waals surface area contributed by atoms with E-state index in [0.717, 1.165) is 0 Å². The van der Waals surface area contributed by atoms with Gasteiger partial charge in [-0.15, -0.1) is 0 Å². The summed E-state index contributed by atoms with van der Waals surface area (Å²) in [6.07, 6.45) is 0.278. The van der Waals surface area contributed by atoms with Crippen LogP contribution in [0.1, 0.15) is 86.6 Å². The predicted molar refractivity (Wildman–Crippen MR) is 150 cm³/mol. The number of nitrogens with one attached hydrogen (secondary N) is 1. The van der Waals surface area contributed by atoms with Crippen molar-refractivity contribution in [2.75, 3.05) is 13.2 Å². The van der Waals surface area contributed by atoms with Crippen molar-refractivity contribution in [1.82, 2.24) is 5.32 Å². The maximum absolute atomic E-state index is 12.5. The van der Waals surface area contributed by atoms with Crippen molar-refractivity contribution in [2.24, 2.45) is 17.3 Å². The van der Waals surface area contributed by atoms with Crippen LogP contribution < -0.4 is 14.8 Å². The van der Waals surface area contributed by atoms with Crippen LogP contribution >= 0.6 is 0 Å². The minimum absolute atomic E-state index is 0.0364. The molecule has 1 unspecified atom stereocenters. The molecule has 10 heteroatoms. The quantitative estimate of drug-likeness (QED) is 0.194. The summed E-state index contributed by atoms with van der Waals surface area (Å²) >= 11 is 0. The molecule has 1 aromatic carbocycles. The van der Waals surface area contributed by atoms with Gasteiger partial charge >= 0.3 is 24.1 Å². The van der Waals surface area contributed by atoms with Gasteiger partial charge in [0.2, 0.25) is 0 Å². The van der Waals surface area contributed by atoms with Gasteiger partial charge in [0.25, 0.3) is 0 Å². The number of carbonyl (C=O) groups is 4. The van der Waals surface area contributed by atoms with Crippen LogP contribution in [0, 0.1) is 17.3 Å². The Morgan fingerprint density at radius 1 is 0.875 bits per heavy atom. The fourth-order valence-electron chi connectivity index (χ4n) is 3.31. The fraction of sp³-hybridized carbons (Fsp3) is 0.667. The van der Waals surface area contributed by atoms with E-state index in [4.69, 9.17) is 18.9 Å². The summed E-state index contributed by atoms with van der Waals surface area (Å²) in [5, 5.41) is 12.7. The average Bonchev–Trinajstić information content (AvgIpc) is 2.83. The van der Waals surface area contributed by atoms with Crippen LogP contribution in [0.5, 0.6) is 11.5 Å². The zero-order chi connectivity index (χ0) is 30.5. The number of carboxylic acid groups (broad SMARTS) is 1. The number of carbonyl (C=O) groups excluding carboxylic acids is 3. The molecule has 226 valence electrons. The van der Waals surface area contributed by atoms with Gasteiger partial charge in [-0.1, -0.05) is 54.5 Å². The Hall–Kier alpha value is -3.14. The average molecular weight is 566 g/mol. The maximum atomic E-state index is 12.5. The summed E-state index contributed by atoms with van der Waals surface area (Å²) in [4.78, 5) is 48.6. The summed E-state index contributed by atoms with van der Waals surface area (Å²) in [5.74, 6) is -1.23. The van der Waals surface area contributed by atoms with Crippen LogP contribution in [-0.4, -0.2) is 54.5 Å². The molecule has 0 bridgehead atoms. The Bertz CT molecular complexity index is 982. The van der Waals surface area contributed by atoms with Crippen molar-refractivity contribution in [3.05, 3.63) is 23.8 Å². The second kappa shape index (κ2) is 16.8. The molecule has 0 amide bonds. The molecule has 0 radical (unpaired) electrons. The second-order valence-electron chi connectivity index (χ2n) is 12.1. The van der Waals surface area contributed by atoms with Crippen LogP contribution in [0.2, 0.25) is 0 Å². The molecule has 40 heavy (non-hydrogen) atoms. The Morgan fingerprint density at radius 2 is 1.43 bits per heavy atom. The minimum atomic E-state index is -1.11. The lowest BCUT2D eigenvalue weighted by Gasteiger charge is -2.21. The molecule has 0 heterocycles. The van der Waals surface area contributed by atoms with E-state index in [2.05, 4.69) is 5.32 Å². The molecule has 0 aliphatic carbocycles. The molecule has 1 rings (SSSR count). The topological polar surface area (TPSA) is 137 Å². The Morgan fingerprint density at radius 3 is 1.93 bits per heavy atom. The third kappa shape index (κ3) is 15.5. The van der Waals surface area contributed by atoms with Crippen LogP contribution in [0.3, 0.4) is 0 Å². The van der Waals surface area contributed by atoms with E-state index >= 15 is 0 Å². The lowest BCUT2D eigenvalue weighted by atomic mass is 9.99. The van der Waals surface area contributed by atoms with Crippen molar-refractivity contribution in [3.8, 4) is 11.5 Å². The standard InChI is InChI=1S/C30H47NO9/c1-19(2)9-13-26(32)39-24-12-11-22(16-25(24)40-27(33)14-10-20(3)4)15-23(28(34)35)31-17-21(5)38-29(36)37-18-30(6,7)8/h11-12,16,19-21,23,31H,9-10,13-15,17-18H2,1-8H3,(H,34,35)/t21?,23-/m0/s1. The van der Waals surface area contributed by atoms with Gasteiger partial charge in [0.15, 0.2) is 11.5 Å². The SMILES string of the molecule is CC(C)CCC(=O)Oc1ccc(C[C@H](NCC(C)OC(=O)OCC(C)(C)C)C(=O)O)cc1OC(=O)CCC(C)C. The fourth-order valence-corrected chi connectivity index (χ4v) is 3.31. The molecule has 0 spiro atoms. The summed E-state index contributed by atoms with van der Waals surface area (Å²) in [6.45, 7) is 15.7. The first-order chi connectivity index (χ1) is 18.6. The number of carboxylic acids is 1. The smallest absolute Gasteiger partial charge is 0.480 e. The van der Waals surface area contributed by atoms with E-state index in [1.807, 2.05) is 48.5 Å². The number of ether oxygens (including phenoxy) is 4. The molecule has 2 N–H and O–H groups in total. The predicted octanol–water partition coefficient (Wildman–Crippen LogP) is 5.54. The van der Waals surface area contributed by atoms with Gasteiger partial charge in [-0.25, -0.2) is 4.79 Å². The number of rotatable bonds is 16. The van der Waals surface area contributed by atoms with Crippen molar-refractivity contribution in [3.63, 3.8) is 0 Å². The molecule has 0 aliphatic rings. The summed E-state index contributed by atoms with van der Waals surface area (Å²) in [5.41, 5.74) is 0.338. The van der Waals surface area contributed by atoms with Crippen LogP contribution in [0.25, 0.3) is 0 Å². The van der Waals surface area contributed by atoms with Gasteiger partial charge in [0, 0.05) is 19.4 Å². The third-order valence-corrected chi connectivity index (χ3v) is 5.62. The Labute approximate surface area is 238 Å². The molecule has 10 nitrogen and oxygen atoms in total. The van der Waals surface area contributed by atoms with E-state index in [9.17, 15) is 24.3 Å². The lowest BCUT2D eigenvalue weighted by Crippen LogP contribution is -2.42. The monoisotopic (exact) mass is 565 g/mol. The molecule has 0 aromatic heterocycles. The first-order valence-electron chi connectivity index (χ1n) is 13.9. The maximum Gasteiger partial charge on any atom is 0.508 e. The number of esters is 2. The number of hydrogen-bond acceptors (Lipinski definition) is 9. The molecule has 0 saturated heterocycles. The van der Waals surface area contributed by atoms with Gasteiger partial charge in [-0.3, -0.25) is 14.4 Å². The zero-order valence-corrected chi connectivity index (χ0v) is 25.2. The first-order valence-corrected chi connectivity index (χ1v) is 13.9. The zero-order valence-electron chi connectivity index (χ0n) is 25.2. The lowest BCUT2D eigenvalue weighted by molar-refractivity contribution is -0.139. The van der Waals surface area contributed by atoms with Gasteiger partial charge in [0.1, 0.15) is 12.1 Å². The summed E-state index contributed by atoms with van der Waals surface area (Å²) in [7, 11) is 0. The highest BCUT2D eigenvalue weighted by atomic mass is 16.7. The van der Waals surface area contributed by atoms with Gasteiger partial charge < -0.3 is 29.4 Å². The Balaban J connectivity index is 2.94.